The minimum atomic E-state index is -3.18. The van der Waals surface area contributed by atoms with Gasteiger partial charge in [0.25, 0.3) is 0 Å². The Kier molecular flexibility index (Phi) is 9.03. The molecule has 25 heavy (non-hydrogen) atoms. The molecule has 0 atom stereocenters. The number of rotatable bonds is 6. The third-order valence-electron chi connectivity index (χ3n) is 3.81. The summed E-state index contributed by atoms with van der Waals surface area (Å²) in [5.41, 5.74) is 2.13. The molecule has 1 rings (SSSR count). The third kappa shape index (κ3) is 6.78. The molecule has 0 saturated carbocycles. The van der Waals surface area contributed by atoms with E-state index in [2.05, 4.69) is 41.5 Å². The first-order valence-electron chi connectivity index (χ1n) is 8.59. The van der Waals surface area contributed by atoms with Crippen LogP contribution in [0.3, 0.4) is 0 Å². The van der Waals surface area contributed by atoms with Crippen molar-refractivity contribution < 1.29 is 18.7 Å². The average Bonchev–Trinajstić information content (AvgIpc) is 2.38. The molecule has 6 heteroatoms. The van der Waals surface area contributed by atoms with Gasteiger partial charge in [-0.3, -0.25) is 4.57 Å². The van der Waals surface area contributed by atoms with Crippen LogP contribution in [-0.4, -0.2) is 37.2 Å². The summed E-state index contributed by atoms with van der Waals surface area (Å²) in [5, 5.41) is 10.8. The van der Waals surface area contributed by atoms with E-state index in [9.17, 15) is 9.67 Å². The van der Waals surface area contributed by atoms with Gasteiger partial charge in [-0.15, -0.1) is 0 Å². The predicted octanol–water partition coefficient (Wildman–Crippen LogP) is 5.10. The van der Waals surface area contributed by atoms with E-state index in [1.165, 1.54) is 0 Å². The van der Waals surface area contributed by atoms with Crippen LogP contribution in [0.4, 0.5) is 0 Å². The third-order valence-corrected chi connectivity index (χ3v) is 5.87. The molecule has 1 aromatic carbocycles. The van der Waals surface area contributed by atoms with Crippen molar-refractivity contribution in [2.24, 2.45) is 0 Å². The van der Waals surface area contributed by atoms with Crippen LogP contribution in [-0.2, 0) is 30.6 Å². The SMILES string of the molecule is CCOP(=O)(Cc1cc(C(C)(C)C)c(O)c(C(C)(C)C)c1)OCC.[LiH]. The fourth-order valence-electron chi connectivity index (χ4n) is 2.67. The average molecular weight is 364 g/mol. The van der Waals surface area contributed by atoms with Gasteiger partial charge in [0.15, 0.2) is 0 Å². The molecule has 0 aliphatic carbocycles. The number of benzene rings is 1. The van der Waals surface area contributed by atoms with Crippen LogP contribution in [0.2, 0.25) is 0 Å². The molecule has 0 aliphatic heterocycles. The van der Waals surface area contributed by atoms with Crippen LogP contribution in [0.25, 0.3) is 0 Å². The Morgan fingerprint density at radius 2 is 1.28 bits per heavy atom. The molecule has 0 amide bonds. The molecule has 0 fully saturated rings. The number of hydrogen-bond acceptors (Lipinski definition) is 4. The molecular weight excluding hydrogens is 330 g/mol. The molecule has 1 aromatic rings. The first kappa shape index (κ1) is 24.8. The second kappa shape index (κ2) is 9.11. The summed E-state index contributed by atoms with van der Waals surface area (Å²) in [6, 6.07) is 3.85. The van der Waals surface area contributed by atoms with Crippen molar-refractivity contribution in [3.8, 4) is 5.75 Å². The van der Waals surface area contributed by atoms with Crippen LogP contribution < -0.4 is 0 Å². The van der Waals surface area contributed by atoms with E-state index in [1.54, 1.807) is 0 Å². The van der Waals surface area contributed by atoms with Gasteiger partial charge in [-0.25, -0.2) is 0 Å². The van der Waals surface area contributed by atoms with Crippen molar-refractivity contribution in [1.82, 2.24) is 0 Å². The molecule has 0 bridgehead atoms. The van der Waals surface area contributed by atoms with Crippen LogP contribution in [0.5, 0.6) is 5.75 Å². The first-order chi connectivity index (χ1) is 10.8. The number of aromatic hydroxyl groups is 1. The Hall–Kier alpha value is -0.233. The Morgan fingerprint density at radius 1 is 0.920 bits per heavy atom. The van der Waals surface area contributed by atoms with E-state index < -0.39 is 7.60 Å². The molecule has 140 valence electrons. The normalized spacial score (nSPS) is 12.8. The van der Waals surface area contributed by atoms with E-state index in [4.69, 9.17) is 9.05 Å². The molecule has 0 radical (unpaired) electrons. The summed E-state index contributed by atoms with van der Waals surface area (Å²) < 4.78 is 23.7. The Labute approximate surface area is 165 Å². The Bertz CT molecular complexity index is 570. The fourth-order valence-corrected chi connectivity index (χ4v) is 4.35. The predicted molar refractivity (Wildman–Crippen MR) is 107 cm³/mol. The van der Waals surface area contributed by atoms with Crippen LogP contribution in [0, 0.1) is 0 Å². The zero-order valence-electron chi connectivity index (χ0n) is 16.4. The summed E-state index contributed by atoms with van der Waals surface area (Å²) in [6.07, 6.45) is 0.209. The topological polar surface area (TPSA) is 55.8 Å². The summed E-state index contributed by atoms with van der Waals surface area (Å²) in [7, 11) is -3.18. The fraction of sp³-hybridized carbons (Fsp3) is 0.684. The first-order valence-corrected chi connectivity index (χ1v) is 10.3. The van der Waals surface area contributed by atoms with Crippen LogP contribution in [0.15, 0.2) is 12.1 Å². The molecule has 1 N–H and O–H groups in total. The Balaban J connectivity index is 0.00000576. The van der Waals surface area contributed by atoms with Crippen molar-refractivity contribution in [3.63, 3.8) is 0 Å². The maximum atomic E-state index is 12.9. The van der Waals surface area contributed by atoms with Crippen molar-refractivity contribution in [3.05, 3.63) is 28.8 Å². The van der Waals surface area contributed by atoms with Gasteiger partial charge in [-0.2, -0.15) is 0 Å². The van der Waals surface area contributed by atoms with Crippen molar-refractivity contribution in [1.29, 1.82) is 0 Å². The second-order valence-electron chi connectivity index (χ2n) is 8.14. The molecule has 0 saturated heterocycles. The second-order valence-corrected chi connectivity index (χ2v) is 10.2. The van der Waals surface area contributed by atoms with Gasteiger partial charge in [-0.05, 0) is 41.4 Å². The van der Waals surface area contributed by atoms with E-state index in [0.717, 1.165) is 16.7 Å². The van der Waals surface area contributed by atoms with Crippen LogP contribution in [0.1, 0.15) is 72.1 Å². The number of hydrogen-bond donors (Lipinski definition) is 1. The summed E-state index contributed by atoms with van der Waals surface area (Å²) >= 11 is 0. The van der Waals surface area contributed by atoms with Gasteiger partial charge >= 0.3 is 26.5 Å². The molecule has 0 aliphatic rings. The van der Waals surface area contributed by atoms with Gasteiger partial charge in [0.05, 0.1) is 19.4 Å². The van der Waals surface area contributed by atoms with Crippen molar-refractivity contribution in [2.45, 2.75) is 72.4 Å². The zero-order chi connectivity index (χ0) is 18.8. The standard InChI is InChI=1S/C19H33O4P.Li.H/c1-9-22-24(21,23-10-2)13-14-11-15(18(3,4)5)17(20)16(12-14)19(6,7)8;;/h11-12,20H,9-10,13H2,1-8H3;;. The zero-order valence-corrected chi connectivity index (χ0v) is 17.3. The summed E-state index contributed by atoms with van der Waals surface area (Å²) in [5.74, 6) is 0.321. The minimum absolute atomic E-state index is 0. The van der Waals surface area contributed by atoms with E-state index in [0.29, 0.717) is 19.0 Å². The molecule has 0 aromatic heterocycles. The van der Waals surface area contributed by atoms with Crippen molar-refractivity contribution >= 4 is 26.5 Å². The monoisotopic (exact) mass is 364 g/mol. The maximum absolute atomic E-state index is 12.9. The molecular formula is C19H34LiO4P. The Morgan fingerprint density at radius 3 is 1.56 bits per heavy atom. The molecule has 0 unspecified atom stereocenters. The summed E-state index contributed by atoms with van der Waals surface area (Å²) in [4.78, 5) is 0. The van der Waals surface area contributed by atoms with Gasteiger partial charge in [0.2, 0.25) is 0 Å². The van der Waals surface area contributed by atoms with E-state index >= 15 is 0 Å². The van der Waals surface area contributed by atoms with E-state index in [-0.39, 0.29) is 35.9 Å². The van der Waals surface area contributed by atoms with Gasteiger partial charge < -0.3 is 14.2 Å². The van der Waals surface area contributed by atoms with E-state index in [1.807, 2.05) is 26.0 Å². The molecule has 4 nitrogen and oxygen atoms in total. The van der Waals surface area contributed by atoms with Gasteiger partial charge in [-0.1, -0.05) is 53.7 Å². The van der Waals surface area contributed by atoms with Crippen molar-refractivity contribution in [2.75, 3.05) is 13.2 Å². The van der Waals surface area contributed by atoms with Gasteiger partial charge in [0, 0.05) is 0 Å². The molecule has 0 heterocycles. The van der Waals surface area contributed by atoms with Crippen LogP contribution >= 0.6 is 7.60 Å². The number of phenolic OH excluding ortho intramolecular Hbond substituents is 1. The van der Waals surface area contributed by atoms with Gasteiger partial charge in [0.1, 0.15) is 5.75 Å². The molecule has 0 spiro atoms. The quantitative estimate of drug-likeness (QED) is 0.563. The number of phenols is 1. The summed E-state index contributed by atoms with van der Waals surface area (Å²) in [6.45, 7) is 16.7.